The molecule has 0 aliphatic rings. The van der Waals surface area contributed by atoms with Crippen molar-refractivity contribution in [1.29, 1.82) is 0 Å². The van der Waals surface area contributed by atoms with Crippen LogP contribution >= 0.6 is 0 Å². The van der Waals surface area contributed by atoms with Crippen molar-refractivity contribution in [1.82, 2.24) is 25.4 Å². The van der Waals surface area contributed by atoms with E-state index >= 15 is 0 Å². The van der Waals surface area contributed by atoms with Crippen LogP contribution in [0, 0.1) is 0 Å². The van der Waals surface area contributed by atoms with Crippen LogP contribution in [0.15, 0.2) is 41.8 Å². The smallest absolute Gasteiger partial charge is 0.218 e. The Morgan fingerprint density at radius 2 is 2.15 bits per heavy atom. The average molecular weight is 360 g/mol. The van der Waals surface area contributed by atoms with Crippen molar-refractivity contribution >= 4 is 5.96 Å². The number of nitrogens with zero attached hydrogens (tertiary/aromatic N) is 4. The second kappa shape index (κ2) is 11.9. The van der Waals surface area contributed by atoms with Crippen molar-refractivity contribution in [2.24, 2.45) is 4.99 Å². The first-order valence-electron chi connectivity index (χ1n) is 8.88. The van der Waals surface area contributed by atoms with Crippen LogP contribution in [-0.4, -0.2) is 54.1 Å². The van der Waals surface area contributed by atoms with E-state index in [1.807, 2.05) is 36.0 Å². The summed E-state index contributed by atoms with van der Waals surface area (Å²) < 4.78 is 12.6. The molecular weight excluding hydrogens is 332 g/mol. The van der Waals surface area contributed by atoms with Crippen LogP contribution in [0.3, 0.4) is 0 Å². The van der Waals surface area contributed by atoms with Gasteiger partial charge in [-0.1, -0.05) is 6.07 Å². The van der Waals surface area contributed by atoms with Gasteiger partial charge in [0.05, 0.1) is 13.2 Å². The minimum atomic E-state index is 0.468. The van der Waals surface area contributed by atoms with Crippen molar-refractivity contribution in [3.63, 3.8) is 0 Å². The summed E-state index contributed by atoms with van der Waals surface area (Å²) in [4.78, 5) is 8.91. The minimum Gasteiger partial charge on any atom is -0.475 e. The number of ether oxygens (including phenoxy) is 2. The van der Waals surface area contributed by atoms with Gasteiger partial charge in [-0.25, -0.2) is 9.98 Å². The first-order chi connectivity index (χ1) is 12.8. The van der Waals surface area contributed by atoms with Gasteiger partial charge in [0.2, 0.25) is 5.88 Å². The molecule has 26 heavy (non-hydrogen) atoms. The predicted molar refractivity (Wildman–Crippen MR) is 101 cm³/mol. The topological polar surface area (TPSA) is 85.6 Å². The standard InChI is InChI=1S/C18H28N6O2/c1-3-19-18(21-9-5-11-24-12-6-10-23-24)22-15-16-7-4-8-20-17(16)26-14-13-25-2/h4,6-8,10,12H,3,5,9,11,13-15H2,1-2H3,(H2,19,21,22). The third-order valence-corrected chi connectivity index (χ3v) is 3.54. The van der Waals surface area contributed by atoms with E-state index in [4.69, 9.17) is 9.47 Å². The van der Waals surface area contributed by atoms with Crippen LogP contribution in [0.1, 0.15) is 18.9 Å². The summed E-state index contributed by atoms with van der Waals surface area (Å²) in [5.74, 6) is 1.38. The molecule has 142 valence electrons. The van der Waals surface area contributed by atoms with Crippen LogP contribution in [0.25, 0.3) is 0 Å². The number of methoxy groups -OCH3 is 1. The zero-order chi connectivity index (χ0) is 18.5. The lowest BCUT2D eigenvalue weighted by Gasteiger charge is -2.12. The van der Waals surface area contributed by atoms with Gasteiger partial charge in [0.1, 0.15) is 6.61 Å². The maximum atomic E-state index is 5.65. The molecule has 2 rings (SSSR count). The lowest BCUT2D eigenvalue weighted by molar-refractivity contribution is 0.143. The molecule has 8 nitrogen and oxygen atoms in total. The quantitative estimate of drug-likeness (QED) is 0.358. The fourth-order valence-electron chi connectivity index (χ4n) is 2.28. The molecule has 0 aliphatic heterocycles. The molecule has 0 saturated carbocycles. The van der Waals surface area contributed by atoms with Gasteiger partial charge in [-0.2, -0.15) is 5.10 Å². The Balaban J connectivity index is 1.85. The van der Waals surface area contributed by atoms with Gasteiger partial charge < -0.3 is 20.1 Å². The Hall–Kier alpha value is -2.61. The highest BCUT2D eigenvalue weighted by Crippen LogP contribution is 2.15. The summed E-state index contributed by atoms with van der Waals surface area (Å²) in [6.45, 7) is 6.02. The summed E-state index contributed by atoms with van der Waals surface area (Å²) in [7, 11) is 1.65. The third-order valence-electron chi connectivity index (χ3n) is 3.54. The van der Waals surface area contributed by atoms with Crippen molar-refractivity contribution in [2.45, 2.75) is 26.4 Å². The summed E-state index contributed by atoms with van der Waals surface area (Å²) in [6, 6.07) is 5.79. The molecule has 2 aromatic heterocycles. The monoisotopic (exact) mass is 360 g/mol. The van der Waals surface area contributed by atoms with E-state index in [-0.39, 0.29) is 0 Å². The SMILES string of the molecule is CCNC(=NCc1cccnc1OCCOC)NCCCn1cccn1. The Labute approximate surface area is 154 Å². The summed E-state index contributed by atoms with van der Waals surface area (Å²) in [6.07, 6.45) is 6.43. The first-order valence-corrected chi connectivity index (χ1v) is 8.88. The molecule has 0 radical (unpaired) electrons. The molecule has 0 spiro atoms. The number of nitrogens with one attached hydrogen (secondary N) is 2. The largest absolute Gasteiger partial charge is 0.475 e. The summed E-state index contributed by atoms with van der Waals surface area (Å²) in [5.41, 5.74) is 0.942. The third kappa shape index (κ3) is 7.10. The normalized spacial score (nSPS) is 11.4. The molecule has 8 heteroatoms. The maximum Gasteiger partial charge on any atom is 0.218 e. The van der Waals surface area contributed by atoms with E-state index in [2.05, 4.69) is 25.7 Å². The van der Waals surface area contributed by atoms with Crippen LogP contribution in [0.5, 0.6) is 5.88 Å². The Kier molecular flexibility index (Phi) is 8.99. The highest BCUT2D eigenvalue weighted by Gasteiger charge is 2.05. The second-order valence-corrected chi connectivity index (χ2v) is 5.55. The lowest BCUT2D eigenvalue weighted by atomic mass is 10.3. The number of aliphatic imine (C=N–C) groups is 1. The van der Waals surface area contributed by atoms with Gasteiger partial charge >= 0.3 is 0 Å². The predicted octanol–water partition coefficient (Wildman–Crippen LogP) is 1.45. The van der Waals surface area contributed by atoms with Crippen molar-refractivity contribution in [3.05, 3.63) is 42.4 Å². The van der Waals surface area contributed by atoms with E-state index in [1.54, 1.807) is 19.5 Å². The maximum absolute atomic E-state index is 5.65. The molecular formula is C18H28N6O2. The second-order valence-electron chi connectivity index (χ2n) is 5.55. The minimum absolute atomic E-state index is 0.468. The molecule has 0 amide bonds. The van der Waals surface area contributed by atoms with Crippen LogP contribution < -0.4 is 15.4 Å². The summed E-state index contributed by atoms with van der Waals surface area (Å²) in [5, 5.41) is 10.8. The molecule has 0 atom stereocenters. The molecule has 0 fully saturated rings. The molecule has 0 aromatic carbocycles. The number of guanidine groups is 1. The van der Waals surface area contributed by atoms with Crippen LogP contribution in [-0.2, 0) is 17.8 Å². The van der Waals surface area contributed by atoms with E-state index in [0.29, 0.717) is 25.6 Å². The zero-order valence-corrected chi connectivity index (χ0v) is 15.5. The van der Waals surface area contributed by atoms with E-state index in [9.17, 15) is 0 Å². The van der Waals surface area contributed by atoms with E-state index in [0.717, 1.165) is 37.6 Å². The first kappa shape index (κ1) is 19.7. The zero-order valence-electron chi connectivity index (χ0n) is 15.5. The molecule has 2 aromatic rings. The number of pyridine rings is 1. The van der Waals surface area contributed by atoms with Crippen LogP contribution in [0.4, 0.5) is 0 Å². The molecule has 2 N–H and O–H groups in total. The number of rotatable bonds is 11. The van der Waals surface area contributed by atoms with Gasteiger partial charge in [-0.05, 0) is 25.5 Å². The number of aromatic nitrogens is 3. The molecule has 0 bridgehead atoms. The van der Waals surface area contributed by atoms with Crippen molar-refractivity contribution < 1.29 is 9.47 Å². The van der Waals surface area contributed by atoms with Gasteiger partial charge in [-0.3, -0.25) is 4.68 Å². The average Bonchev–Trinajstić information content (AvgIpc) is 3.18. The highest BCUT2D eigenvalue weighted by atomic mass is 16.5. The molecule has 2 heterocycles. The fraction of sp³-hybridized carbons (Fsp3) is 0.500. The van der Waals surface area contributed by atoms with Crippen LogP contribution in [0.2, 0.25) is 0 Å². The van der Waals surface area contributed by atoms with E-state index < -0.39 is 0 Å². The molecule has 0 aliphatic carbocycles. The highest BCUT2D eigenvalue weighted by molar-refractivity contribution is 5.79. The Morgan fingerprint density at radius 1 is 1.23 bits per heavy atom. The van der Waals surface area contributed by atoms with Gasteiger partial charge in [0, 0.05) is 50.9 Å². The number of aryl methyl sites for hydroxylation is 1. The van der Waals surface area contributed by atoms with E-state index in [1.165, 1.54) is 0 Å². The van der Waals surface area contributed by atoms with Crippen molar-refractivity contribution in [3.8, 4) is 5.88 Å². The summed E-state index contributed by atoms with van der Waals surface area (Å²) >= 11 is 0. The lowest BCUT2D eigenvalue weighted by Crippen LogP contribution is -2.38. The van der Waals surface area contributed by atoms with Gasteiger partial charge in [0.15, 0.2) is 5.96 Å². The van der Waals surface area contributed by atoms with Crippen molar-refractivity contribution in [2.75, 3.05) is 33.4 Å². The molecule has 0 saturated heterocycles. The fourth-order valence-corrected chi connectivity index (χ4v) is 2.28. The molecule has 0 unspecified atom stereocenters. The number of hydrogen-bond donors (Lipinski definition) is 2. The Bertz CT molecular complexity index is 645. The number of hydrogen-bond acceptors (Lipinski definition) is 5. The van der Waals surface area contributed by atoms with Gasteiger partial charge in [0.25, 0.3) is 0 Å². The Morgan fingerprint density at radius 3 is 2.92 bits per heavy atom. The van der Waals surface area contributed by atoms with Gasteiger partial charge in [-0.15, -0.1) is 0 Å².